The van der Waals surface area contributed by atoms with Gasteiger partial charge in [0.2, 0.25) is 0 Å². The Balaban J connectivity index is 1.79. The van der Waals surface area contributed by atoms with Gasteiger partial charge in [0.25, 0.3) is 6.43 Å². The predicted octanol–water partition coefficient (Wildman–Crippen LogP) is 8.02. The van der Waals surface area contributed by atoms with Gasteiger partial charge in [-0.05, 0) is 54.3 Å². The van der Waals surface area contributed by atoms with Crippen molar-refractivity contribution in [2.24, 2.45) is 0 Å². The van der Waals surface area contributed by atoms with Gasteiger partial charge >= 0.3 is 0 Å². The third-order valence-corrected chi connectivity index (χ3v) is 8.45. The molecule has 1 N–H and O–H groups in total. The molecule has 3 heterocycles. The molecule has 0 saturated carbocycles. The third kappa shape index (κ3) is 4.55. The lowest BCUT2D eigenvalue weighted by atomic mass is 10.1. The van der Waals surface area contributed by atoms with Crippen molar-refractivity contribution < 1.29 is 8.78 Å². The minimum absolute atomic E-state index is 0.0263. The smallest absolute Gasteiger partial charge is 0.295 e. The molecule has 5 nitrogen and oxygen atoms in total. The monoisotopic (exact) mass is 609 g/mol. The summed E-state index contributed by atoms with van der Waals surface area (Å²) in [6.07, 6.45) is -0.688. The molecule has 31 heavy (non-hydrogen) atoms. The molecule has 3 aromatic heterocycles. The molecule has 12 heteroatoms. The molecule has 1 aromatic carbocycles. The van der Waals surface area contributed by atoms with E-state index in [1.807, 2.05) is 47.4 Å². The number of imidazole rings is 1. The number of hydrogen-bond acceptors (Lipinski definition) is 6. The van der Waals surface area contributed by atoms with E-state index in [2.05, 4.69) is 33.3 Å². The zero-order valence-electron chi connectivity index (χ0n) is 16.5. The topological polar surface area (TPSA) is 55.6 Å². The minimum Gasteiger partial charge on any atom is -0.353 e. The fraction of sp³-hybridized carbons (Fsp3) is 0.211. The number of benzene rings is 1. The van der Waals surface area contributed by atoms with E-state index in [9.17, 15) is 8.78 Å². The molecule has 4 rings (SSSR count). The summed E-state index contributed by atoms with van der Waals surface area (Å²) < 4.78 is 28.4. The Morgan fingerprint density at radius 3 is 2.58 bits per heavy atom. The van der Waals surface area contributed by atoms with Crippen LogP contribution in [0.15, 0.2) is 29.2 Å². The highest BCUT2D eigenvalue weighted by Gasteiger charge is 2.22. The average Bonchev–Trinajstić information content (AvgIpc) is 3.27. The van der Waals surface area contributed by atoms with Gasteiger partial charge in [-0.25, -0.2) is 23.7 Å². The molecule has 0 saturated heterocycles. The Bertz CT molecular complexity index is 1280. The van der Waals surface area contributed by atoms with Crippen molar-refractivity contribution in [2.75, 3.05) is 11.6 Å². The molecule has 4 aromatic rings. The van der Waals surface area contributed by atoms with Crippen molar-refractivity contribution in [2.45, 2.75) is 25.2 Å². The van der Waals surface area contributed by atoms with Crippen molar-refractivity contribution in [3.05, 3.63) is 45.1 Å². The van der Waals surface area contributed by atoms with Crippen LogP contribution in [0.1, 0.15) is 22.1 Å². The molecule has 0 aliphatic heterocycles. The predicted molar refractivity (Wildman–Crippen MR) is 137 cm³/mol. The van der Waals surface area contributed by atoms with E-state index >= 15 is 0 Å². The summed E-state index contributed by atoms with van der Waals surface area (Å²) in [6.45, 7) is 4.06. The van der Waals surface area contributed by atoms with Crippen LogP contribution in [-0.2, 0) is 0 Å². The summed E-state index contributed by atoms with van der Waals surface area (Å²) in [6, 6.07) is 7.64. The van der Waals surface area contributed by atoms with E-state index in [-0.39, 0.29) is 17.4 Å². The molecule has 0 amide bonds. The fourth-order valence-corrected chi connectivity index (χ4v) is 6.75. The Labute approximate surface area is 205 Å². The van der Waals surface area contributed by atoms with Crippen LogP contribution in [0.4, 0.5) is 20.2 Å². The van der Waals surface area contributed by atoms with Gasteiger partial charge in [-0.3, -0.25) is 4.34 Å². The maximum Gasteiger partial charge on any atom is 0.295 e. The molecule has 1 atom stereocenters. The second-order valence-corrected chi connectivity index (χ2v) is 11.2. The van der Waals surface area contributed by atoms with Gasteiger partial charge in [0.05, 0.1) is 28.5 Å². The first-order chi connectivity index (χ1) is 14.8. The maximum atomic E-state index is 13.5. The van der Waals surface area contributed by atoms with Crippen LogP contribution in [0.25, 0.3) is 22.4 Å². The van der Waals surface area contributed by atoms with Crippen LogP contribution in [0.3, 0.4) is 0 Å². The van der Waals surface area contributed by atoms with E-state index < -0.39 is 6.43 Å². The third-order valence-electron chi connectivity index (χ3n) is 4.54. The van der Waals surface area contributed by atoms with Crippen molar-refractivity contribution in [1.29, 1.82) is 0 Å². The minimum atomic E-state index is -2.70. The molecule has 0 aliphatic carbocycles. The average molecular weight is 610 g/mol. The van der Waals surface area contributed by atoms with Crippen molar-refractivity contribution >= 4 is 85.7 Å². The van der Waals surface area contributed by atoms with E-state index in [1.165, 1.54) is 4.34 Å². The number of thioether (sulfide) groups is 1. The molecule has 0 fully saturated rings. The van der Waals surface area contributed by atoms with Crippen LogP contribution < -0.4 is 5.32 Å². The summed E-state index contributed by atoms with van der Waals surface area (Å²) in [5.74, 6) is -0.310. The van der Waals surface area contributed by atoms with Crippen LogP contribution in [0.2, 0.25) is 5.15 Å². The highest BCUT2D eigenvalue weighted by molar-refractivity contribution is 14.2. The Hall–Kier alpha value is -1.07. The molecular formula is C19H16ClF2IN5PS2. The number of alkyl halides is 2. The molecule has 0 aliphatic rings. The van der Waals surface area contributed by atoms with Gasteiger partial charge in [-0.2, -0.15) is 0 Å². The second kappa shape index (κ2) is 9.43. The first-order valence-electron chi connectivity index (χ1n) is 8.95. The number of rotatable bonds is 6. The van der Waals surface area contributed by atoms with Gasteiger partial charge in [-0.15, -0.1) is 23.1 Å². The number of nitrogens with zero attached hydrogens (tertiary/aromatic N) is 4. The number of pyridine rings is 1. The SMILES string of the molecule is CSc1cc(-c2nc(C)sc2C)ccc1Nc1cc(Cl)nc2c1nc(C(F)F)n2PI. The van der Waals surface area contributed by atoms with Gasteiger partial charge in [0, 0.05) is 21.4 Å². The van der Waals surface area contributed by atoms with Crippen LogP contribution >= 0.6 is 63.1 Å². The number of anilines is 2. The molecule has 162 valence electrons. The summed E-state index contributed by atoms with van der Waals surface area (Å²) in [7, 11) is 0. The zero-order chi connectivity index (χ0) is 22.3. The quantitative estimate of drug-likeness (QED) is 0.104. The summed E-state index contributed by atoms with van der Waals surface area (Å²) >= 11 is 11.5. The fourth-order valence-electron chi connectivity index (χ4n) is 3.24. The summed E-state index contributed by atoms with van der Waals surface area (Å²) in [5, 5.41) is 4.56. The molecule has 0 bridgehead atoms. The highest BCUT2D eigenvalue weighted by atomic mass is 127. The number of hydrogen-bond donors (Lipinski definition) is 1. The normalized spacial score (nSPS) is 12.0. The van der Waals surface area contributed by atoms with Crippen LogP contribution in [0.5, 0.6) is 0 Å². The van der Waals surface area contributed by atoms with Gasteiger partial charge in [0.15, 0.2) is 11.5 Å². The number of aromatic nitrogens is 4. The molecule has 1 unspecified atom stereocenters. The van der Waals surface area contributed by atoms with Crippen LogP contribution in [0, 0.1) is 13.8 Å². The van der Waals surface area contributed by atoms with E-state index in [1.54, 1.807) is 29.2 Å². The van der Waals surface area contributed by atoms with Crippen molar-refractivity contribution in [1.82, 2.24) is 19.3 Å². The molecule has 0 spiro atoms. The van der Waals surface area contributed by atoms with Gasteiger partial charge < -0.3 is 5.32 Å². The standard InChI is InChI=1S/C19H16ClF2IN5PS2/c1-8-15(24-9(2)31-8)10-4-5-11(13(6-10)30-3)25-12-7-14(20)26-18-16(12)27-19(17(21)22)28(18)29-23/h4-7,17,29H,1-3H3,(H,25,26). The number of halogens is 4. The second-order valence-electron chi connectivity index (χ2n) is 6.53. The summed E-state index contributed by atoms with van der Waals surface area (Å²) in [4.78, 5) is 15.2. The van der Waals surface area contributed by atoms with Gasteiger partial charge in [0.1, 0.15) is 10.7 Å². The van der Waals surface area contributed by atoms with Gasteiger partial charge in [-0.1, -0.05) is 17.7 Å². The van der Waals surface area contributed by atoms with E-state index in [0.717, 1.165) is 31.7 Å². The Kier molecular flexibility index (Phi) is 7.02. The van der Waals surface area contributed by atoms with Crippen molar-refractivity contribution in [3.8, 4) is 11.3 Å². The lowest BCUT2D eigenvalue weighted by Gasteiger charge is -2.13. The Morgan fingerprint density at radius 1 is 1.19 bits per heavy atom. The first kappa shape index (κ1) is 23.1. The molecule has 0 radical (unpaired) electrons. The highest BCUT2D eigenvalue weighted by Crippen LogP contribution is 2.40. The van der Waals surface area contributed by atoms with Crippen molar-refractivity contribution in [3.63, 3.8) is 0 Å². The Morgan fingerprint density at radius 2 is 1.97 bits per heavy atom. The lowest BCUT2D eigenvalue weighted by Crippen LogP contribution is -1.96. The van der Waals surface area contributed by atoms with Crippen LogP contribution in [-0.4, -0.2) is 25.5 Å². The molecular weight excluding hydrogens is 594 g/mol. The number of fused-ring (bicyclic) bond motifs is 1. The largest absolute Gasteiger partial charge is 0.353 e. The van der Waals surface area contributed by atoms with E-state index in [4.69, 9.17) is 11.6 Å². The number of thiazole rings is 1. The first-order valence-corrected chi connectivity index (χ1v) is 15.4. The summed E-state index contributed by atoms with van der Waals surface area (Å²) in [5.41, 5.74) is 4.08. The van der Waals surface area contributed by atoms with E-state index in [0.29, 0.717) is 16.9 Å². The zero-order valence-corrected chi connectivity index (χ0v) is 22.1. The number of aryl methyl sites for hydroxylation is 2. The number of nitrogens with one attached hydrogen (secondary N) is 1. The maximum absolute atomic E-state index is 13.5. The lowest BCUT2D eigenvalue weighted by molar-refractivity contribution is 0.140.